The molecule has 8 nitrogen and oxygen atoms in total. The van der Waals surface area contributed by atoms with Gasteiger partial charge in [-0.15, -0.1) is 0 Å². The number of hydrogen-bond acceptors (Lipinski definition) is 5. The number of nitrogens with zero attached hydrogens (tertiary/aromatic N) is 5. The van der Waals surface area contributed by atoms with Gasteiger partial charge < -0.3 is 9.47 Å². The number of aromatic nitrogens is 4. The van der Waals surface area contributed by atoms with Crippen molar-refractivity contribution in [2.45, 2.75) is 33.9 Å². The summed E-state index contributed by atoms with van der Waals surface area (Å²) in [6.45, 7) is 6.67. The molecule has 2 aromatic heterocycles. The molecule has 28 heavy (non-hydrogen) atoms. The summed E-state index contributed by atoms with van der Waals surface area (Å²) in [6, 6.07) is 8.14. The second-order valence-corrected chi connectivity index (χ2v) is 7.68. The van der Waals surface area contributed by atoms with Gasteiger partial charge >= 0.3 is 5.69 Å². The predicted molar refractivity (Wildman–Crippen MR) is 107 cm³/mol. The van der Waals surface area contributed by atoms with Gasteiger partial charge in [-0.2, -0.15) is 4.98 Å². The minimum Gasteiger partial charge on any atom is -0.312 e. The van der Waals surface area contributed by atoms with Crippen LogP contribution in [-0.4, -0.2) is 31.0 Å². The molecule has 146 valence electrons. The number of imidazole rings is 1. The molecule has 1 aliphatic heterocycles. The van der Waals surface area contributed by atoms with E-state index >= 15 is 0 Å². The average molecular weight is 381 g/mol. The maximum Gasteiger partial charge on any atom is 0.332 e. The van der Waals surface area contributed by atoms with Crippen molar-refractivity contribution in [3.05, 3.63) is 50.7 Å². The summed E-state index contributed by atoms with van der Waals surface area (Å²) in [4.78, 5) is 44.0. The fraction of sp³-hybridized carbons (Fsp3) is 0.400. The third kappa shape index (κ3) is 2.76. The Morgan fingerprint density at radius 2 is 1.86 bits per heavy atom. The molecule has 1 aliphatic rings. The third-order valence-corrected chi connectivity index (χ3v) is 5.17. The molecule has 1 aromatic carbocycles. The summed E-state index contributed by atoms with van der Waals surface area (Å²) < 4.78 is 4.22. The van der Waals surface area contributed by atoms with Gasteiger partial charge in [0, 0.05) is 25.8 Å². The number of hydrogen-bond donors (Lipinski definition) is 0. The predicted octanol–water partition coefficient (Wildman–Crippen LogP) is 1.58. The third-order valence-electron chi connectivity index (χ3n) is 5.17. The second kappa shape index (κ2) is 6.47. The standard InChI is InChI=1S/C20H23N5O3/c1-12-5-7-15(8-6-12)23-9-13(2)10-24-16-17(21-19(23)24)22(4)20(28)25(18(16)27)11-14(3)26/h5-8,13H,9-11H2,1-4H3/t13-/m1/s1. The summed E-state index contributed by atoms with van der Waals surface area (Å²) >= 11 is 0. The molecule has 0 bridgehead atoms. The molecule has 3 aromatic rings. The zero-order valence-corrected chi connectivity index (χ0v) is 16.5. The van der Waals surface area contributed by atoms with Crippen LogP contribution in [0.4, 0.5) is 11.6 Å². The molecule has 0 aliphatic carbocycles. The van der Waals surface area contributed by atoms with Crippen molar-refractivity contribution in [2.75, 3.05) is 11.4 Å². The van der Waals surface area contributed by atoms with Crippen molar-refractivity contribution in [2.24, 2.45) is 13.0 Å². The minimum absolute atomic E-state index is 0.237. The SMILES string of the molecule is CC(=O)Cn1c(=O)c2c(nc3n2C[C@H](C)CN3c2ccc(C)cc2)n(C)c1=O. The molecule has 4 rings (SSSR count). The Kier molecular flexibility index (Phi) is 4.21. The summed E-state index contributed by atoms with van der Waals surface area (Å²) in [5.74, 6) is 0.681. The molecule has 0 amide bonds. The van der Waals surface area contributed by atoms with Crippen molar-refractivity contribution in [3.8, 4) is 0 Å². The van der Waals surface area contributed by atoms with E-state index in [4.69, 9.17) is 0 Å². The lowest BCUT2D eigenvalue weighted by molar-refractivity contribution is -0.117. The smallest absolute Gasteiger partial charge is 0.312 e. The first-order valence-corrected chi connectivity index (χ1v) is 9.31. The summed E-state index contributed by atoms with van der Waals surface area (Å²) in [7, 11) is 1.58. The van der Waals surface area contributed by atoms with Gasteiger partial charge in [0.25, 0.3) is 5.56 Å². The zero-order valence-electron chi connectivity index (χ0n) is 16.5. The fourth-order valence-electron chi connectivity index (χ4n) is 3.81. The van der Waals surface area contributed by atoms with Gasteiger partial charge in [0.05, 0.1) is 6.54 Å². The van der Waals surface area contributed by atoms with Crippen LogP contribution >= 0.6 is 0 Å². The van der Waals surface area contributed by atoms with E-state index in [9.17, 15) is 14.4 Å². The summed E-state index contributed by atoms with van der Waals surface area (Å²) in [6.07, 6.45) is 0. The van der Waals surface area contributed by atoms with Crippen molar-refractivity contribution in [3.63, 3.8) is 0 Å². The number of ketones is 1. The maximum absolute atomic E-state index is 13.1. The Morgan fingerprint density at radius 3 is 2.50 bits per heavy atom. The quantitative estimate of drug-likeness (QED) is 0.688. The van der Waals surface area contributed by atoms with E-state index < -0.39 is 11.2 Å². The van der Waals surface area contributed by atoms with E-state index in [1.807, 2.05) is 35.8 Å². The van der Waals surface area contributed by atoms with E-state index in [1.54, 1.807) is 7.05 Å². The monoisotopic (exact) mass is 381 g/mol. The molecule has 0 saturated carbocycles. The highest BCUT2D eigenvalue weighted by Gasteiger charge is 2.29. The van der Waals surface area contributed by atoms with Crippen LogP contribution in [0.2, 0.25) is 0 Å². The van der Waals surface area contributed by atoms with Crippen molar-refractivity contribution < 1.29 is 4.79 Å². The largest absolute Gasteiger partial charge is 0.332 e. The van der Waals surface area contributed by atoms with Gasteiger partial charge in [-0.25, -0.2) is 4.79 Å². The van der Waals surface area contributed by atoms with Crippen LogP contribution in [0.25, 0.3) is 11.2 Å². The van der Waals surface area contributed by atoms with E-state index in [0.29, 0.717) is 23.7 Å². The first kappa shape index (κ1) is 18.2. The van der Waals surface area contributed by atoms with Crippen LogP contribution in [0, 0.1) is 12.8 Å². The van der Waals surface area contributed by atoms with Crippen LogP contribution < -0.4 is 16.1 Å². The first-order valence-electron chi connectivity index (χ1n) is 9.31. The maximum atomic E-state index is 13.1. The van der Waals surface area contributed by atoms with E-state index in [2.05, 4.69) is 16.8 Å². The minimum atomic E-state index is -0.530. The number of fused-ring (bicyclic) bond motifs is 3. The fourth-order valence-corrected chi connectivity index (χ4v) is 3.81. The lowest BCUT2D eigenvalue weighted by Gasteiger charge is -2.33. The van der Waals surface area contributed by atoms with Crippen LogP contribution in [0.5, 0.6) is 0 Å². The highest BCUT2D eigenvalue weighted by atomic mass is 16.2. The first-order chi connectivity index (χ1) is 13.3. The van der Waals surface area contributed by atoms with E-state index in [1.165, 1.54) is 11.5 Å². The Bertz CT molecular complexity index is 1200. The van der Waals surface area contributed by atoms with Gasteiger partial charge in [-0.05, 0) is 31.9 Å². The number of aryl methyl sites for hydroxylation is 2. The molecule has 0 radical (unpaired) electrons. The Balaban J connectivity index is 2.00. The van der Waals surface area contributed by atoms with Crippen molar-refractivity contribution in [1.82, 2.24) is 18.7 Å². The number of carbonyl (C=O) groups excluding carboxylic acids is 1. The van der Waals surface area contributed by atoms with Crippen LogP contribution in [-0.2, 0) is 24.9 Å². The number of rotatable bonds is 3. The lowest BCUT2D eigenvalue weighted by atomic mass is 10.1. The molecule has 0 saturated heterocycles. The number of benzene rings is 1. The average Bonchev–Trinajstić information content (AvgIpc) is 3.03. The molecule has 8 heteroatoms. The second-order valence-electron chi connectivity index (χ2n) is 7.68. The highest BCUT2D eigenvalue weighted by Crippen LogP contribution is 2.32. The molecule has 0 spiro atoms. The molecule has 3 heterocycles. The number of Topliss-reactive ketones (excluding diaryl/α,β-unsaturated/α-hetero) is 1. The molecule has 1 atom stereocenters. The molecular weight excluding hydrogens is 358 g/mol. The number of carbonyl (C=O) groups is 1. The van der Waals surface area contributed by atoms with Gasteiger partial charge in [-0.3, -0.25) is 18.7 Å². The van der Waals surface area contributed by atoms with Crippen molar-refractivity contribution >= 4 is 28.6 Å². The Morgan fingerprint density at radius 1 is 1.18 bits per heavy atom. The van der Waals surface area contributed by atoms with Crippen LogP contribution in [0.15, 0.2) is 33.9 Å². The number of anilines is 2. The van der Waals surface area contributed by atoms with E-state index in [0.717, 1.165) is 22.4 Å². The Labute approximate surface area is 161 Å². The van der Waals surface area contributed by atoms with Gasteiger partial charge in [0.1, 0.15) is 5.78 Å². The van der Waals surface area contributed by atoms with Crippen molar-refractivity contribution in [1.29, 1.82) is 0 Å². The molecular formula is C20H23N5O3. The molecule has 0 N–H and O–H groups in total. The summed E-state index contributed by atoms with van der Waals surface area (Å²) in [5.41, 5.74) is 1.86. The van der Waals surface area contributed by atoms with Crippen LogP contribution in [0.3, 0.4) is 0 Å². The normalized spacial score (nSPS) is 16.4. The zero-order chi connectivity index (χ0) is 20.2. The van der Waals surface area contributed by atoms with Crippen LogP contribution in [0.1, 0.15) is 19.4 Å². The van der Waals surface area contributed by atoms with Gasteiger partial charge in [-0.1, -0.05) is 24.6 Å². The lowest BCUT2D eigenvalue weighted by Crippen LogP contribution is -2.41. The van der Waals surface area contributed by atoms with Gasteiger partial charge in [0.15, 0.2) is 11.2 Å². The molecule has 0 unspecified atom stereocenters. The van der Waals surface area contributed by atoms with E-state index in [-0.39, 0.29) is 18.2 Å². The molecule has 0 fully saturated rings. The highest BCUT2D eigenvalue weighted by molar-refractivity contribution is 5.78. The summed E-state index contributed by atoms with van der Waals surface area (Å²) in [5, 5.41) is 0. The Hall–Kier alpha value is -3.16. The van der Waals surface area contributed by atoms with Gasteiger partial charge in [0.2, 0.25) is 5.95 Å². The topological polar surface area (TPSA) is 82.1 Å².